The Hall–Kier alpha value is -1.81. The molecule has 7 heteroatoms. The predicted octanol–water partition coefficient (Wildman–Crippen LogP) is -0.585. The van der Waals surface area contributed by atoms with Crippen LogP contribution in [0.2, 0.25) is 0 Å². The van der Waals surface area contributed by atoms with Crippen LogP contribution in [-0.2, 0) is 15.8 Å². The van der Waals surface area contributed by atoms with Crippen LogP contribution in [0.1, 0.15) is 12.8 Å². The van der Waals surface area contributed by atoms with Gasteiger partial charge in [-0.3, -0.25) is 4.79 Å². The molecule has 1 heterocycles. The molecular formula is C9H11N3O3S. The van der Waals surface area contributed by atoms with E-state index in [0.717, 1.165) is 4.31 Å². The molecule has 1 atom stereocenters. The van der Waals surface area contributed by atoms with Gasteiger partial charge in [0.2, 0.25) is 5.91 Å². The molecule has 0 saturated heterocycles. The summed E-state index contributed by atoms with van der Waals surface area (Å²) in [4.78, 5) is 22.1. The molecular weight excluding hydrogens is 230 g/mol. The lowest BCUT2D eigenvalue weighted by Gasteiger charge is -2.24. The van der Waals surface area contributed by atoms with Gasteiger partial charge in [-0.15, -0.1) is 12.3 Å². The molecule has 0 fully saturated rings. The van der Waals surface area contributed by atoms with Gasteiger partial charge in [0.05, 0.1) is 6.42 Å². The monoisotopic (exact) mass is 241 g/mol. The van der Waals surface area contributed by atoms with E-state index >= 15 is 0 Å². The molecule has 1 aliphatic rings. The fourth-order valence-electron chi connectivity index (χ4n) is 1.13. The van der Waals surface area contributed by atoms with Gasteiger partial charge in [-0.2, -0.15) is 0 Å². The Kier molecular flexibility index (Phi) is 4.08. The lowest BCUT2D eigenvalue weighted by atomic mass is 10.3. The predicted molar refractivity (Wildman–Crippen MR) is 58.7 cm³/mol. The van der Waals surface area contributed by atoms with E-state index < -0.39 is 22.9 Å². The molecule has 1 rings (SSSR count). The van der Waals surface area contributed by atoms with Gasteiger partial charge in [-0.25, -0.2) is 13.3 Å². The van der Waals surface area contributed by atoms with Gasteiger partial charge in [-0.05, 0) is 0 Å². The Balaban J connectivity index is 2.73. The maximum atomic E-state index is 11.6. The second kappa shape index (κ2) is 5.32. The third-order valence-electron chi connectivity index (χ3n) is 1.78. The fraction of sp³-hybridized carbons (Fsp3) is 0.333. The Labute approximate surface area is 95.4 Å². The number of rotatable bonds is 4. The van der Waals surface area contributed by atoms with Crippen LogP contribution in [-0.4, -0.2) is 27.0 Å². The normalized spacial score (nSPS) is 19.7. The smallest absolute Gasteiger partial charge is 0.333 e. The number of hydrogen-bond donors (Lipinski definition) is 2. The van der Waals surface area contributed by atoms with Crippen molar-refractivity contribution in [1.29, 1.82) is 0 Å². The van der Waals surface area contributed by atoms with E-state index in [2.05, 4.69) is 11.2 Å². The van der Waals surface area contributed by atoms with E-state index in [4.69, 9.17) is 12.2 Å². The van der Waals surface area contributed by atoms with Gasteiger partial charge in [-0.1, -0.05) is 0 Å². The number of nitrogens with two attached hydrogens (primary N) is 1. The third-order valence-corrected chi connectivity index (χ3v) is 3.05. The average molecular weight is 241 g/mol. The van der Waals surface area contributed by atoms with Gasteiger partial charge in [0.15, 0.2) is 11.0 Å². The van der Waals surface area contributed by atoms with E-state index in [1.165, 1.54) is 5.41 Å². The van der Waals surface area contributed by atoms with E-state index in [9.17, 15) is 13.8 Å². The Morgan fingerprint density at radius 3 is 2.88 bits per heavy atom. The zero-order chi connectivity index (χ0) is 12.1. The summed E-state index contributed by atoms with van der Waals surface area (Å²) >= 11 is 0. The van der Waals surface area contributed by atoms with E-state index in [1.54, 1.807) is 0 Å². The van der Waals surface area contributed by atoms with Gasteiger partial charge in [0.1, 0.15) is 0 Å². The van der Waals surface area contributed by atoms with Gasteiger partial charge < -0.3 is 11.1 Å². The first-order chi connectivity index (χ1) is 7.54. The zero-order valence-electron chi connectivity index (χ0n) is 8.43. The molecule has 0 aliphatic carbocycles. The number of carbonyl (C=O) groups is 2. The third kappa shape index (κ3) is 3.10. The number of carbonyl (C=O) groups excluding carboxylic acids is 2. The first-order valence-electron chi connectivity index (χ1n) is 4.46. The Morgan fingerprint density at radius 2 is 2.38 bits per heavy atom. The lowest BCUT2D eigenvalue weighted by molar-refractivity contribution is -0.117. The summed E-state index contributed by atoms with van der Waals surface area (Å²) in [6.07, 6.45) is 5.23. The number of urea groups is 1. The summed E-state index contributed by atoms with van der Waals surface area (Å²) in [6, 6.07) is -0.535. The van der Waals surface area contributed by atoms with Crippen molar-refractivity contribution in [2.45, 2.75) is 12.8 Å². The number of amides is 3. The number of terminal acetylenes is 1. The molecule has 86 valence electrons. The summed E-state index contributed by atoms with van der Waals surface area (Å²) in [7, 11) is -1.60. The minimum absolute atomic E-state index is 0.138. The first kappa shape index (κ1) is 12.3. The number of nitrogens with zero attached hydrogens (tertiary/aromatic N) is 1. The molecule has 1 aliphatic heterocycles. The highest BCUT2D eigenvalue weighted by molar-refractivity contribution is 7.86. The topological polar surface area (TPSA) is 92.5 Å². The largest absolute Gasteiger partial charge is 0.369 e. The highest BCUT2D eigenvalue weighted by Gasteiger charge is 2.24. The van der Waals surface area contributed by atoms with Crippen molar-refractivity contribution in [2.24, 2.45) is 5.73 Å². The van der Waals surface area contributed by atoms with Crippen LogP contribution in [0.3, 0.4) is 0 Å². The Bertz CT molecular complexity index is 411. The highest BCUT2D eigenvalue weighted by Crippen LogP contribution is 2.11. The summed E-state index contributed by atoms with van der Waals surface area (Å²) in [5, 5.41) is 3.70. The first-order valence-corrected chi connectivity index (χ1v) is 5.63. The molecule has 0 spiro atoms. The van der Waals surface area contributed by atoms with Crippen molar-refractivity contribution in [3.05, 3.63) is 11.1 Å². The van der Waals surface area contributed by atoms with Crippen LogP contribution in [0.15, 0.2) is 11.1 Å². The van der Waals surface area contributed by atoms with E-state index in [-0.39, 0.29) is 18.7 Å². The molecule has 3 amide bonds. The van der Waals surface area contributed by atoms with Crippen molar-refractivity contribution in [2.75, 3.05) is 6.54 Å². The standard InChI is InChI=1S/C9H11N3O3S/c1-2-3-4-12-9(14)11-7(5-8(10)13)6-16(12)15/h1,6H,3-5H2,(H2,10,13)(H,11,14). The van der Waals surface area contributed by atoms with Crippen molar-refractivity contribution >= 4 is 22.9 Å². The summed E-state index contributed by atoms with van der Waals surface area (Å²) in [6.45, 7) is 0.204. The molecule has 0 saturated carbocycles. The van der Waals surface area contributed by atoms with Gasteiger partial charge in [0, 0.05) is 24.1 Å². The van der Waals surface area contributed by atoms with Crippen LogP contribution in [0.4, 0.5) is 4.79 Å². The SMILES string of the molecule is C#CCCN1C(=O)NC(CC(N)=O)=CS1=O. The quantitative estimate of drug-likeness (QED) is 0.645. The van der Waals surface area contributed by atoms with Crippen molar-refractivity contribution < 1.29 is 13.8 Å². The number of nitrogens with one attached hydrogen (secondary N) is 1. The van der Waals surface area contributed by atoms with Crippen LogP contribution >= 0.6 is 0 Å². The minimum Gasteiger partial charge on any atom is -0.369 e. The number of hydrogen-bond acceptors (Lipinski definition) is 3. The van der Waals surface area contributed by atoms with Crippen LogP contribution < -0.4 is 11.1 Å². The summed E-state index contributed by atoms with van der Waals surface area (Å²) in [5.41, 5.74) is 5.22. The van der Waals surface area contributed by atoms with Crippen LogP contribution in [0, 0.1) is 12.3 Å². The molecule has 0 aromatic heterocycles. The van der Waals surface area contributed by atoms with Crippen molar-refractivity contribution in [3.63, 3.8) is 0 Å². The molecule has 0 radical (unpaired) electrons. The van der Waals surface area contributed by atoms with Crippen LogP contribution in [0.25, 0.3) is 0 Å². The molecule has 16 heavy (non-hydrogen) atoms. The molecule has 3 N–H and O–H groups in total. The summed E-state index contributed by atoms with van der Waals surface area (Å²) in [5.74, 6) is 1.75. The molecule has 1 unspecified atom stereocenters. The van der Waals surface area contributed by atoms with Crippen molar-refractivity contribution in [3.8, 4) is 12.3 Å². The molecule has 0 aromatic rings. The highest BCUT2D eigenvalue weighted by atomic mass is 32.2. The maximum Gasteiger partial charge on any atom is 0.333 e. The molecule has 0 bridgehead atoms. The van der Waals surface area contributed by atoms with E-state index in [0.29, 0.717) is 6.42 Å². The van der Waals surface area contributed by atoms with E-state index in [1.807, 2.05) is 0 Å². The fourth-order valence-corrected chi connectivity index (χ4v) is 2.12. The summed E-state index contributed by atoms with van der Waals surface area (Å²) < 4.78 is 12.7. The Morgan fingerprint density at radius 1 is 1.69 bits per heavy atom. The second-order valence-corrected chi connectivity index (χ2v) is 4.28. The average Bonchev–Trinajstić information content (AvgIpc) is 2.15. The number of primary amides is 1. The lowest BCUT2D eigenvalue weighted by Crippen LogP contribution is -2.44. The van der Waals surface area contributed by atoms with Gasteiger partial charge in [0.25, 0.3) is 0 Å². The molecule has 6 nitrogen and oxygen atoms in total. The molecule has 0 aromatic carbocycles. The minimum atomic E-state index is -1.60. The van der Waals surface area contributed by atoms with Crippen molar-refractivity contribution in [1.82, 2.24) is 9.62 Å². The van der Waals surface area contributed by atoms with Gasteiger partial charge >= 0.3 is 6.03 Å². The van der Waals surface area contributed by atoms with Crippen LogP contribution in [0.5, 0.6) is 0 Å². The maximum absolute atomic E-state index is 11.6. The second-order valence-electron chi connectivity index (χ2n) is 3.05. The zero-order valence-corrected chi connectivity index (χ0v) is 9.25.